The minimum absolute atomic E-state index is 0.00131. The van der Waals surface area contributed by atoms with E-state index in [0.717, 1.165) is 10.5 Å². The molecule has 0 saturated carbocycles. The van der Waals surface area contributed by atoms with Crippen molar-refractivity contribution in [3.8, 4) is 0 Å². The molecule has 0 bridgehead atoms. The van der Waals surface area contributed by atoms with Gasteiger partial charge in [0.15, 0.2) is 0 Å². The first kappa shape index (κ1) is 66.3. The van der Waals surface area contributed by atoms with Crippen molar-refractivity contribution in [1.82, 2.24) is 41.7 Å². The highest BCUT2D eigenvalue weighted by Crippen LogP contribution is 2.12. The van der Waals surface area contributed by atoms with Gasteiger partial charge in [0.2, 0.25) is 29.6 Å². The van der Waals surface area contributed by atoms with Gasteiger partial charge in [0.25, 0.3) is 0 Å². The summed E-state index contributed by atoms with van der Waals surface area (Å²) in [6.07, 6.45) is -2.38. The minimum atomic E-state index is -1.21. The molecular weight excluding hydrogens is 1070 g/mol. The number of nitrogens with two attached hydrogens (primary N) is 1. The predicted octanol–water partition coefficient (Wildman–Crippen LogP) is 6.66. The molecule has 4 rings (SSSR count). The van der Waals surface area contributed by atoms with E-state index < -0.39 is 78.3 Å². The third kappa shape index (κ3) is 28.7. The average molecular weight is 1150 g/mol. The lowest BCUT2D eigenvalue weighted by molar-refractivity contribution is -0.127. The van der Waals surface area contributed by atoms with E-state index in [2.05, 4.69) is 31.9 Å². The smallest absolute Gasteiger partial charge is 0.416 e. The molecule has 2 atom stereocenters. The topological polar surface area (TPSA) is 328 Å². The van der Waals surface area contributed by atoms with Gasteiger partial charge >= 0.3 is 30.5 Å². The average Bonchev–Trinajstić information content (AvgIpc) is 3.51. The Balaban J connectivity index is 1.30. The van der Waals surface area contributed by atoms with Gasteiger partial charge in [0, 0.05) is 45.7 Å². The lowest BCUT2D eigenvalue weighted by atomic mass is 10.1. The van der Waals surface area contributed by atoms with E-state index in [1.165, 1.54) is 4.90 Å². The third-order valence-electron chi connectivity index (χ3n) is 11.9. The van der Waals surface area contributed by atoms with Crippen LogP contribution in [0.3, 0.4) is 0 Å². The van der Waals surface area contributed by atoms with Crippen molar-refractivity contribution in [2.75, 3.05) is 39.3 Å². The molecule has 83 heavy (non-hydrogen) atoms. The van der Waals surface area contributed by atoms with Gasteiger partial charge < -0.3 is 60.9 Å². The Morgan fingerprint density at radius 2 is 0.952 bits per heavy atom. The second-order valence-corrected chi connectivity index (χ2v) is 20.0. The number of nitrogens with zero attached hydrogens (tertiary/aromatic N) is 2. The number of nitrogens with one attached hydrogen (secondary N) is 7. The number of amides is 9. The number of hydrogen-bond donors (Lipinski definition) is 8. The van der Waals surface area contributed by atoms with Crippen molar-refractivity contribution in [2.45, 2.75) is 123 Å². The fraction of sp³-hybridized carbons (Fsp3) is 0.424. The van der Waals surface area contributed by atoms with Crippen LogP contribution in [0.5, 0.6) is 0 Å². The third-order valence-corrected chi connectivity index (χ3v) is 11.9. The maximum atomic E-state index is 13.8. The number of hydrogen-bond acceptors (Lipinski definition) is 15. The fourth-order valence-corrected chi connectivity index (χ4v) is 7.69. The van der Waals surface area contributed by atoms with Crippen molar-refractivity contribution in [1.29, 1.82) is 5.41 Å². The van der Waals surface area contributed by atoms with Crippen LogP contribution in [0.1, 0.15) is 101 Å². The van der Waals surface area contributed by atoms with Crippen LogP contribution in [0.25, 0.3) is 0 Å². The number of rotatable bonds is 32. The standard InChI is InChI=1S/C59H78N10O14/c1-59(2,3)83-56(76)66-48(38-49(60)70)52(73)64-33-18-8-17-32-62-50(71)31-37-68(57(77)81-41-45-26-13-6-14-27-45)35-20-19-34-63-51(72)47(65-54(74)79-39-43-22-9-4-10-23-43)30-21-36-69(58(78)82-42-46-28-15-7-16-29-46)53(61)67-55(75)80-40-44-24-11-5-12-25-44/h4-7,9-16,22-29,47-48H,8,17-21,30-42H2,1-3H3,(H2,60,70)(H,62,71)(H,63,72)(H,64,73)(H,65,74)(H,66,76)(H2,61,67,75)/t47-,48-/m0/s1. The Bertz CT molecular complexity index is 2680. The molecule has 448 valence electrons. The van der Waals surface area contributed by atoms with Crippen LogP contribution in [0.2, 0.25) is 0 Å². The van der Waals surface area contributed by atoms with Crippen molar-refractivity contribution in [3.63, 3.8) is 0 Å². The summed E-state index contributed by atoms with van der Waals surface area (Å²) in [7, 11) is 0. The van der Waals surface area contributed by atoms with Crippen molar-refractivity contribution in [3.05, 3.63) is 144 Å². The summed E-state index contributed by atoms with van der Waals surface area (Å²) in [5, 5.41) is 24.3. The molecule has 24 nitrogen and oxygen atoms in total. The first-order valence-corrected chi connectivity index (χ1v) is 27.4. The molecule has 9 N–H and O–H groups in total. The number of primary amides is 1. The first-order chi connectivity index (χ1) is 39.8. The lowest BCUT2D eigenvalue weighted by Crippen LogP contribution is -2.50. The largest absolute Gasteiger partial charge is 0.445 e. The van der Waals surface area contributed by atoms with Gasteiger partial charge in [0.1, 0.15) is 44.1 Å². The van der Waals surface area contributed by atoms with Gasteiger partial charge in [-0.15, -0.1) is 0 Å². The molecule has 0 radical (unpaired) electrons. The van der Waals surface area contributed by atoms with E-state index >= 15 is 0 Å². The molecule has 0 aromatic heterocycles. The molecule has 0 heterocycles. The van der Waals surface area contributed by atoms with E-state index in [0.29, 0.717) is 55.3 Å². The molecule has 0 aliphatic carbocycles. The van der Waals surface area contributed by atoms with Crippen molar-refractivity contribution >= 4 is 60.1 Å². The summed E-state index contributed by atoms with van der Waals surface area (Å²) >= 11 is 0. The molecule has 4 aromatic rings. The summed E-state index contributed by atoms with van der Waals surface area (Å²) in [5.74, 6) is -2.91. The van der Waals surface area contributed by atoms with Crippen LogP contribution in [-0.2, 0) is 69.3 Å². The zero-order chi connectivity index (χ0) is 60.2. The number of benzene rings is 4. The highest BCUT2D eigenvalue weighted by molar-refractivity contribution is 5.99. The number of guanidine groups is 1. The maximum Gasteiger partial charge on any atom is 0.416 e. The molecule has 0 fully saturated rings. The second kappa shape index (κ2) is 36.9. The summed E-state index contributed by atoms with van der Waals surface area (Å²) in [6, 6.07) is 33.3. The van der Waals surface area contributed by atoms with Crippen LogP contribution in [0.15, 0.2) is 121 Å². The molecular formula is C59H78N10O14. The number of carbonyl (C=O) groups is 9. The molecule has 0 saturated heterocycles. The Morgan fingerprint density at radius 1 is 0.506 bits per heavy atom. The van der Waals surface area contributed by atoms with Crippen molar-refractivity contribution < 1.29 is 66.8 Å². The number of alkyl carbamates (subject to hydrolysis) is 3. The van der Waals surface area contributed by atoms with Gasteiger partial charge in [-0.1, -0.05) is 121 Å². The van der Waals surface area contributed by atoms with Gasteiger partial charge in [0.05, 0.1) is 6.42 Å². The van der Waals surface area contributed by atoms with Crippen LogP contribution in [0, 0.1) is 5.41 Å². The second-order valence-electron chi connectivity index (χ2n) is 20.0. The normalized spacial score (nSPS) is 11.5. The zero-order valence-electron chi connectivity index (χ0n) is 47.3. The van der Waals surface area contributed by atoms with Crippen LogP contribution >= 0.6 is 0 Å². The molecule has 0 aliphatic rings. The molecule has 0 spiro atoms. The van der Waals surface area contributed by atoms with Gasteiger partial charge in [-0.05, 0) is 88.0 Å². The molecule has 24 heteroatoms. The zero-order valence-corrected chi connectivity index (χ0v) is 47.3. The van der Waals surface area contributed by atoms with Crippen LogP contribution in [0.4, 0.5) is 24.0 Å². The van der Waals surface area contributed by atoms with Gasteiger partial charge in [-0.2, -0.15) is 0 Å². The minimum Gasteiger partial charge on any atom is -0.445 e. The Hall–Kier alpha value is -9.22. The quantitative estimate of drug-likeness (QED) is 0.0110. The SMILES string of the molecule is CC(C)(C)OC(=O)N[C@@H](CC(N)=O)C(=O)NCCCCCNC(=O)CCN(CCCCNC(=O)[C@H](CCCN(C(=N)NC(=O)OCc1ccccc1)C(=O)OCc1ccccc1)NC(=O)OCc1ccccc1)C(=O)OCc1ccccc1. The van der Waals surface area contributed by atoms with Gasteiger partial charge in [-0.25, -0.2) is 28.9 Å². The molecule has 4 aromatic carbocycles. The van der Waals surface area contributed by atoms with Crippen LogP contribution < -0.4 is 37.6 Å². The van der Waals surface area contributed by atoms with E-state index in [1.54, 1.807) is 99.6 Å². The number of ether oxygens (including phenoxy) is 5. The maximum absolute atomic E-state index is 13.8. The number of carbonyl (C=O) groups excluding carboxylic acids is 9. The van der Waals surface area contributed by atoms with E-state index in [4.69, 9.17) is 34.8 Å². The molecule has 0 aliphatic heterocycles. The summed E-state index contributed by atoms with van der Waals surface area (Å²) < 4.78 is 27.0. The Morgan fingerprint density at radius 3 is 1.46 bits per heavy atom. The Labute approximate surface area is 483 Å². The molecule has 9 amide bonds. The van der Waals surface area contributed by atoms with E-state index in [-0.39, 0.29) is 84.3 Å². The summed E-state index contributed by atoms with van der Waals surface area (Å²) in [5.41, 5.74) is 7.31. The number of unbranched alkanes of at least 4 members (excludes halogenated alkanes) is 3. The Kier molecular flexibility index (Phi) is 29.5. The van der Waals surface area contributed by atoms with E-state index in [9.17, 15) is 43.2 Å². The predicted molar refractivity (Wildman–Crippen MR) is 306 cm³/mol. The van der Waals surface area contributed by atoms with Gasteiger partial charge in [-0.3, -0.25) is 29.9 Å². The van der Waals surface area contributed by atoms with Crippen LogP contribution in [-0.4, -0.2) is 127 Å². The summed E-state index contributed by atoms with van der Waals surface area (Å²) in [4.78, 5) is 118. The lowest BCUT2D eigenvalue weighted by Gasteiger charge is -2.24. The molecule has 0 unspecified atom stereocenters. The van der Waals surface area contributed by atoms with Crippen molar-refractivity contribution in [2.24, 2.45) is 5.73 Å². The first-order valence-electron chi connectivity index (χ1n) is 27.4. The highest BCUT2D eigenvalue weighted by Gasteiger charge is 2.28. The highest BCUT2D eigenvalue weighted by atomic mass is 16.6. The summed E-state index contributed by atoms with van der Waals surface area (Å²) in [6.45, 7) is 5.30. The monoisotopic (exact) mass is 1150 g/mol. The fourth-order valence-electron chi connectivity index (χ4n) is 7.69. The van der Waals surface area contributed by atoms with E-state index in [1.807, 2.05) is 42.5 Å².